The summed E-state index contributed by atoms with van der Waals surface area (Å²) in [7, 11) is 1.62. The Morgan fingerprint density at radius 3 is 2.52 bits per heavy atom. The maximum atomic E-state index is 12.1. The third kappa shape index (κ3) is 6.34. The lowest BCUT2D eigenvalue weighted by Crippen LogP contribution is -2.37. The number of rotatable bonds is 8. The molecule has 2 rings (SSSR count). The summed E-state index contributed by atoms with van der Waals surface area (Å²) in [5.41, 5.74) is 0. The van der Waals surface area contributed by atoms with E-state index in [0.29, 0.717) is 12.3 Å². The smallest absolute Gasteiger partial charge is 0.260 e. The van der Waals surface area contributed by atoms with E-state index in [1.165, 1.54) is 32.1 Å². The van der Waals surface area contributed by atoms with E-state index in [2.05, 4.69) is 5.32 Å². The first kappa shape index (κ1) is 18.0. The third-order valence-electron chi connectivity index (χ3n) is 4.05. The maximum absolute atomic E-state index is 12.1. The molecule has 1 N–H and O–H groups in total. The monoisotopic (exact) mass is 337 g/mol. The van der Waals surface area contributed by atoms with Gasteiger partial charge in [0.15, 0.2) is 6.10 Å². The predicted octanol–water partition coefficient (Wildman–Crippen LogP) is 3.64. The Morgan fingerprint density at radius 1 is 1.22 bits per heavy atom. The number of carbonyl (C=O) groups excluding carboxylic acids is 1. The third-order valence-corrected chi connectivity index (χ3v) is 5.43. The Balaban J connectivity index is 1.63. The lowest BCUT2D eigenvalue weighted by atomic mass is 10.0. The van der Waals surface area contributed by atoms with E-state index in [1.807, 2.05) is 36.0 Å². The quantitative estimate of drug-likeness (QED) is 0.736. The summed E-state index contributed by atoms with van der Waals surface area (Å²) in [4.78, 5) is 12.1. The zero-order valence-corrected chi connectivity index (χ0v) is 14.9. The summed E-state index contributed by atoms with van der Waals surface area (Å²) in [6, 6.07) is 7.25. The molecule has 0 saturated heterocycles. The van der Waals surface area contributed by atoms with Crippen molar-refractivity contribution < 1.29 is 14.3 Å². The Kier molecular flexibility index (Phi) is 7.59. The highest BCUT2D eigenvalue weighted by Gasteiger charge is 2.16. The van der Waals surface area contributed by atoms with Crippen LogP contribution in [0.25, 0.3) is 0 Å². The molecule has 128 valence electrons. The molecule has 0 spiro atoms. The van der Waals surface area contributed by atoms with Crippen LogP contribution in [-0.4, -0.2) is 36.7 Å². The van der Waals surface area contributed by atoms with Gasteiger partial charge in [0.05, 0.1) is 7.11 Å². The average molecular weight is 337 g/mol. The van der Waals surface area contributed by atoms with E-state index in [9.17, 15) is 4.79 Å². The first-order chi connectivity index (χ1) is 11.2. The second kappa shape index (κ2) is 9.71. The van der Waals surface area contributed by atoms with Crippen LogP contribution in [0.5, 0.6) is 11.5 Å². The molecule has 1 aliphatic carbocycles. The Morgan fingerprint density at radius 2 is 1.87 bits per heavy atom. The summed E-state index contributed by atoms with van der Waals surface area (Å²) in [6.45, 7) is 2.48. The number of thioether (sulfide) groups is 1. The fraction of sp³-hybridized carbons (Fsp3) is 0.611. The number of nitrogens with one attached hydrogen (secondary N) is 1. The highest BCUT2D eigenvalue weighted by Crippen LogP contribution is 2.27. The zero-order chi connectivity index (χ0) is 16.5. The summed E-state index contributed by atoms with van der Waals surface area (Å²) < 4.78 is 10.7. The second-order valence-electron chi connectivity index (χ2n) is 5.86. The lowest BCUT2D eigenvalue weighted by molar-refractivity contribution is -0.127. The molecule has 0 heterocycles. The number of carbonyl (C=O) groups is 1. The van der Waals surface area contributed by atoms with Gasteiger partial charge >= 0.3 is 0 Å². The molecule has 1 aromatic rings. The molecule has 1 saturated carbocycles. The molecule has 1 aromatic carbocycles. The number of benzene rings is 1. The van der Waals surface area contributed by atoms with Crippen molar-refractivity contribution in [2.45, 2.75) is 50.4 Å². The van der Waals surface area contributed by atoms with Crippen molar-refractivity contribution in [3.05, 3.63) is 24.3 Å². The van der Waals surface area contributed by atoms with Crippen LogP contribution in [0.1, 0.15) is 39.0 Å². The molecule has 23 heavy (non-hydrogen) atoms. The van der Waals surface area contributed by atoms with Gasteiger partial charge in [0, 0.05) is 17.5 Å². The van der Waals surface area contributed by atoms with Crippen LogP contribution in [-0.2, 0) is 4.79 Å². The van der Waals surface area contributed by atoms with E-state index < -0.39 is 6.10 Å². The van der Waals surface area contributed by atoms with Crippen molar-refractivity contribution in [2.24, 2.45) is 0 Å². The highest BCUT2D eigenvalue weighted by molar-refractivity contribution is 7.99. The topological polar surface area (TPSA) is 47.6 Å². The van der Waals surface area contributed by atoms with Gasteiger partial charge in [-0.15, -0.1) is 0 Å². The Hall–Kier alpha value is -1.36. The molecule has 1 aliphatic rings. The number of hydrogen-bond donors (Lipinski definition) is 1. The molecule has 0 bridgehead atoms. The molecule has 5 heteroatoms. The second-order valence-corrected chi connectivity index (χ2v) is 7.27. The van der Waals surface area contributed by atoms with E-state index in [-0.39, 0.29) is 5.91 Å². The van der Waals surface area contributed by atoms with Crippen molar-refractivity contribution in [3.8, 4) is 11.5 Å². The minimum absolute atomic E-state index is 0.0648. The Labute approximate surface area is 143 Å². The molecule has 4 nitrogen and oxygen atoms in total. The molecule has 1 atom stereocenters. The minimum Gasteiger partial charge on any atom is -0.497 e. The maximum Gasteiger partial charge on any atom is 0.260 e. The lowest BCUT2D eigenvalue weighted by Gasteiger charge is -2.21. The predicted molar refractivity (Wildman–Crippen MR) is 95.4 cm³/mol. The normalized spacial score (nSPS) is 16.6. The molecule has 0 radical (unpaired) electrons. The van der Waals surface area contributed by atoms with Gasteiger partial charge in [0.25, 0.3) is 5.91 Å². The SMILES string of the molecule is COc1ccc(O[C@H](C)C(=O)NCCSC2CCCCC2)cc1. The fourth-order valence-electron chi connectivity index (χ4n) is 2.69. The number of ether oxygens (including phenoxy) is 2. The van der Waals surface area contributed by atoms with Crippen LogP contribution in [0.2, 0.25) is 0 Å². The van der Waals surface area contributed by atoms with Crippen LogP contribution in [0, 0.1) is 0 Å². The van der Waals surface area contributed by atoms with Crippen molar-refractivity contribution in [3.63, 3.8) is 0 Å². The van der Waals surface area contributed by atoms with E-state index in [0.717, 1.165) is 16.8 Å². The average Bonchev–Trinajstić information content (AvgIpc) is 2.60. The van der Waals surface area contributed by atoms with Gasteiger partial charge < -0.3 is 14.8 Å². The summed E-state index contributed by atoms with van der Waals surface area (Å²) in [5.74, 6) is 2.36. The van der Waals surface area contributed by atoms with Crippen LogP contribution < -0.4 is 14.8 Å². The van der Waals surface area contributed by atoms with Crippen LogP contribution >= 0.6 is 11.8 Å². The fourth-order valence-corrected chi connectivity index (χ4v) is 3.91. The minimum atomic E-state index is -0.497. The Bertz CT molecular complexity index is 472. The van der Waals surface area contributed by atoms with Gasteiger partial charge in [-0.2, -0.15) is 11.8 Å². The van der Waals surface area contributed by atoms with Gasteiger partial charge in [-0.05, 0) is 44.0 Å². The first-order valence-electron chi connectivity index (χ1n) is 8.39. The molecular weight excluding hydrogens is 310 g/mol. The van der Waals surface area contributed by atoms with Crippen LogP contribution in [0.4, 0.5) is 0 Å². The van der Waals surface area contributed by atoms with E-state index >= 15 is 0 Å². The molecule has 0 unspecified atom stereocenters. The van der Waals surface area contributed by atoms with Crippen molar-refractivity contribution in [1.29, 1.82) is 0 Å². The number of methoxy groups -OCH3 is 1. The van der Waals surface area contributed by atoms with Crippen LogP contribution in [0.15, 0.2) is 24.3 Å². The number of hydrogen-bond acceptors (Lipinski definition) is 4. The standard InChI is InChI=1S/C18H27NO3S/c1-14(22-16-10-8-15(21-2)9-11-16)18(20)19-12-13-23-17-6-4-3-5-7-17/h8-11,14,17H,3-7,12-13H2,1-2H3,(H,19,20)/t14-/m1/s1. The molecule has 0 aliphatic heterocycles. The van der Waals surface area contributed by atoms with Gasteiger partial charge in [-0.25, -0.2) is 0 Å². The highest BCUT2D eigenvalue weighted by atomic mass is 32.2. The van der Waals surface area contributed by atoms with Crippen LogP contribution in [0.3, 0.4) is 0 Å². The van der Waals surface area contributed by atoms with E-state index in [1.54, 1.807) is 14.0 Å². The largest absolute Gasteiger partial charge is 0.497 e. The van der Waals surface area contributed by atoms with Crippen molar-refractivity contribution >= 4 is 17.7 Å². The van der Waals surface area contributed by atoms with Crippen molar-refractivity contribution in [2.75, 3.05) is 19.4 Å². The van der Waals surface area contributed by atoms with Gasteiger partial charge in [-0.3, -0.25) is 4.79 Å². The zero-order valence-electron chi connectivity index (χ0n) is 14.0. The van der Waals surface area contributed by atoms with Gasteiger partial charge in [-0.1, -0.05) is 19.3 Å². The van der Waals surface area contributed by atoms with Crippen molar-refractivity contribution in [1.82, 2.24) is 5.32 Å². The molecule has 1 amide bonds. The van der Waals surface area contributed by atoms with E-state index in [4.69, 9.17) is 9.47 Å². The van der Waals surface area contributed by atoms with Gasteiger partial charge in [0.2, 0.25) is 0 Å². The molecule has 0 aromatic heterocycles. The summed E-state index contributed by atoms with van der Waals surface area (Å²) in [6.07, 6.45) is 6.26. The summed E-state index contributed by atoms with van der Waals surface area (Å²) >= 11 is 1.99. The van der Waals surface area contributed by atoms with Gasteiger partial charge in [0.1, 0.15) is 11.5 Å². The first-order valence-corrected chi connectivity index (χ1v) is 9.44. The summed E-state index contributed by atoms with van der Waals surface area (Å²) in [5, 5.41) is 3.74. The number of amides is 1. The molecule has 1 fully saturated rings. The molecular formula is C18H27NO3S.